The Morgan fingerprint density at radius 1 is 0.455 bits per heavy atom. The van der Waals surface area contributed by atoms with E-state index in [1.54, 1.807) is 0 Å². The Balaban J connectivity index is 1.87. The number of imidazole rings is 1. The molecule has 0 aliphatic carbocycles. The Bertz CT molecular complexity index is 2080. The van der Waals surface area contributed by atoms with Crippen molar-refractivity contribution in [3.8, 4) is 0 Å². The molecule has 0 fully saturated rings. The molecule has 2 heteroatoms. The molecule has 152 valence electrons. The van der Waals surface area contributed by atoms with Crippen molar-refractivity contribution < 1.29 is 0 Å². The Morgan fingerprint density at radius 3 is 1.85 bits per heavy atom. The molecule has 8 aromatic rings. The molecule has 0 N–H and O–H groups in total. The van der Waals surface area contributed by atoms with E-state index in [4.69, 9.17) is 4.98 Å². The van der Waals surface area contributed by atoms with Crippen LogP contribution in [0, 0.1) is 0 Å². The van der Waals surface area contributed by atoms with Gasteiger partial charge in [0, 0.05) is 21.5 Å². The van der Waals surface area contributed by atoms with Crippen LogP contribution in [0.1, 0.15) is 0 Å². The molecule has 8 rings (SSSR count). The van der Waals surface area contributed by atoms with Gasteiger partial charge < -0.3 is 0 Å². The lowest BCUT2D eigenvalue weighted by Crippen LogP contribution is -1.95. The smallest absolute Gasteiger partial charge is 0.147 e. The highest BCUT2D eigenvalue weighted by Gasteiger charge is 2.19. The van der Waals surface area contributed by atoms with Crippen LogP contribution in [0.15, 0.2) is 109 Å². The zero-order valence-electron chi connectivity index (χ0n) is 17.8. The predicted octanol–water partition coefficient (Wildman–Crippen LogP) is 8.25. The summed E-state index contributed by atoms with van der Waals surface area (Å²) in [6, 6.07) is 39.3. The van der Waals surface area contributed by atoms with Crippen LogP contribution in [0.5, 0.6) is 0 Å². The minimum Gasteiger partial charge on any atom is -0.291 e. The van der Waals surface area contributed by atoms with E-state index in [9.17, 15) is 0 Å². The largest absolute Gasteiger partial charge is 0.291 e. The number of para-hydroxylation sites is 2. The van der Waals surface area contributed by atoms with Crippen LogP contribution in [0.25, 0.3) is 70.7 Å². The van der Waals surface area contributed by atoms with Gasteiger partial charge in [-0.15, -0.1) is 0 Å². The molecule has 2 aromatic heterocycles. The van der Waals surface area contributed by atoms with E-state index in [0.717, 1.165) is 16.7 Å². The maximum absolute atomic E-state index is 5.22. The molecular formula is C31H18N2. The molecule has 0 saturated carbocycles. The van der Waals surface area contributed by atoms with Crippen LogP contribution >= 0.6 is 0 Å². The van der Waals surface area contributed by atoms with Gasteiger partial charge in [-0.25, -0.2) is 4.98 Å². The second kappa shape index (κ2) is 6.08. The maximum atomic E-state index is 5.22. The third-order valence-corrected chi connectivity index (χ3v) is 7.11. The van der Waals surface area contributed by atoms with E-state index in [0.29, 0.717) is 0 Å². The summed E-state index contributed by atoms with van der Waals surface area (Å²) in [5.74, 6) is 0. The fourth-order valence-electron chi connectivity index (χ4n) is 5.77. The Morgan fingerprint density at radius 2 is 1.06 bits per heavy atom. The second-order valence-electron chi connectivity index (χ2n) is 8.78. The van der Waals surface area contributed by atoms with Crippen molar-refractivity contribution in [3.63, 3.8) is 0 Å². The average molecular weight is 418 g/mol. The zero-order chi connectivity index (χ0) is 21.5. The molecule has 0 atom stereocenters. The van der Waals surface area contributed by atoms with Crippen molar-refractivity contribution in [1.29, 1.82) is 0 Å². The Labute approximate surface area is 189 Å². The lowest BCUT2D eigenvalue weighted by Gasteiger charge is -2.16. The molecule has 0 bridgehead atoms. The molecule has 0 spiro atoms. The van der Waals surface area contributed by atoms with Gasteiger partial charge in [-0.3, -0.25) is 4.40 Å². The summed E-state index contributed by atoms with van der Waals surface area (Å²) in [5.41, 5.74) is 4.42. The third-order valence-electron chi connectivity index (χ3n) is 7.11. The highest BCUT2D eigenvalue weighted by molar-refractivity contribution is 6.36. The molecular weight excluding hydrogens is 400 g/mol. The van der Waals surface area contributed by atoms with Gasteiger partial charge in [-0.1, -0.05) is 97.1 Å². The maximum Gasteiger partial charge on any atom is 0.147 e. The van der Waals surface area contributed by atoms with Crippen LogP contribution < -0.4 is 0 Å². The first-order chi connectivity index (χ1) is 16.4. The molecule has 2 nitrogen and oxygen atoms in total. The van der Waals surface area contributed by atoms with Gasteiger partial charge in [-0.2, -0.15) is 0 Å². The first kappa shape index (κ1) is 17.2. The van der Waals surface area contributed by atoms with Gasteiger partial charge in [0.1, 0.15) is 5.65 Å². The van der Waals surface area contributed by atoms with Crippen LogP contribution in [0.4, 0.5) is 0 Å². The molecule has 0 unspecified atom stereocenters. The second-order valence-corrected chi connectivity index (χ2v) is 8.78. The molecule has 0 aliphatic rings. The number of nitrogens with zero attached hydrogens (tertiary/aromatic N) is 2. The van der Waals surface area contributed by atoms with Gasteiger partial charge in [0.05, 0.1) is 16.6 Å². The van der Waals surface area contributed by atoms with Crippen LogP contribution in [0.3, 0.4) is 0 Å². The molecule has 0 amide bonds. The Hall–Kier alpha value is -4.43. The van der Waals surface area contributed by atoms with Crippen molar-refractivity contribution in [2.75, 3.05) is 0 Å². The molecule has 33 heavy (non-hydrogen) atoms. The number of pyridine rings is 1. The van der Waals surface area contributed by atoms with Crippen molar-refractivity contribution in [1.82, 2.24) is 9.38 Å². The quantitative estimate of drug-likeness (QED) is 0.227. The van der Waals surface area contributed by atoms with E-state index in [2.05, 4.69) is 114 Å². The van der Waals surface area contributed by atoms with Crippen LogP contribution in [-0.4, -0.2) is 9.38 Å². The predicted molar refractivity (Wildman–Crippen MR) is 140 cm³/mol. The summed E-state index contributed by atoms with van der Waals surface area (Å²) >= 11 is 0. The summed E-state index contributed by atoms with van der Waals surface area (Å²) in [4.78, 5) is 5.22. The van der Waals surface area contributed by atoms with Gasteiger partial charge >= 0.3 is 0 Å². The summed E-state index contributed by atoms with van der Waals surface area (Å²) < 4.78 is 2.39. The van der Waals surface area contributed by atoms with Crippen LogP contribution in [0.2, 0.25) is 0 Å². The SMILES string of the molecule is c1ccc2c(c1)ccc1c3c4ccccc4c4ccccc4c3c3nc4ccccc4n3c21. The average Bonchev–Trinajstić information content (AvgIpc) is 3.27. The minimum atomic E-state index is 1.02. The minimum absolute atomic E-state index is 1.02. The zero-order valence-corrected chi connectivity index (χ0v) is 17.8. The normalized spacial score (nSPS) is 12.2. The summed E-state index contributed by atoms with van der Waals surface area (Å²) in [7, 11) is 0. The van der Waals surface area contributed by atoms with E-state index in [1.807, 2.05) is 0 Å². The van der Waals surface area contributed by atoms with Crippen molar-refractivity contribution in [3.05, 3.63) is 109 Å². The number of hydrogen-bond acceptors (Lipinski definition) is 1. The first-order valence-electron chi connectivity index (χ1n) is 11.3. The highest BCUT2D eigenvalue weighted by Crippen LogP contribution is 2.43. The number of aromatic nitrogens is 2. The van der Waals surface area contributed by atoms with E-state index < -0.39 is 0 Å². The van der Waals surface area contributed by atoms with Crippen LogP contribution in [-0.2, 0) is 0 Å². The molecule has 0 saturated heterocycles. The molecule has 6 aromatic carbocycles. The molecule has 0 radical (unpaired) electrons. The third kappa shape index (κ3) is 2.10. The van der Waals surface area contributed by atoms with E-state index in [1.165, 1.54) is 54.0 Å². The highest BCUT2D eigenvalue weighted by atomic mass is 15.0. The lowest BCUT2D eigenvalue weighted by molar-refractivity contribution is 1.33. The lowest BCUT2D eigenvalue weighted by atomic mass is 9.91. The van der Waals surface area contributed by atoms with Crippen molar-refractivity contribution >= 4 is 70.7 Å². The number of fused-ring (bicyclic) bond motifs is 15. The van der Waals surface area contributed by atoms with Gasteiger partial charge in [0.15, 0.2) is 0 Å². The summed E-state index contributed by atoms with van der Waals surface area (Å²) in [6.07, 6.45) is 0. The monoisotopic (exact) mass is 418 g/mol. The first-order valence-corrected chi connectivity index (χ1v) is 11.3. The van der Waals surface area contributed by atoms with E-state index in [-0.39, 0.29) is 0 Å². The van der Waals surface area contributed by atoms with Gasteiger partial charge in [0.25, 0.3) is 0 Å². The fraction of sp³-hybridized carbons (Fsp3) is 0. The van der Waals surface area contributed by atoms with Crippen molar-refractivity contribution in [2.45, 2.75) is 0 Å². The van der Waals surface area contributed by atoms with Gasteiger partial charge in [0.2, 0.25) is 0 Å². The number of rotatable bonds is 0. The summed E-state index contributed by atoms with van der Waals surface area (Å²) in [5, 5.41) is 11.4. The topological polar surface area (TPSA) is 17.3 Å². The van der Waals surface area contributed by atoms with E-state index >= 15 is 0 Å². The van der Waals surface area contributed by atoms with Gasteiger partial charge in [-0.05, 0) is 39.1 Å². The summed E-state index contributed by atoms with van der Waals surface area (Å²) in [6.45, 7) is 0. The standard InChI is InChI=1S/C31H18N2/c1-2-10-20-19(9-1)17-18-25-28-23-13-5-3-11-21(23)22-12-4-6-14-24(22)29(28)31-32-26-15-7-8-16-27(26)33(31)30(20)25/h1-18H. The Kier molecular flexibility index (Phi) is 3.16. The fourth-order valence-corrected chi connectivity index (χ4v) is 5.77. The number of hydrogen-bond donors (Lipinski definition) is 0. The number of benzene rings is 6. The molecule has 2 heterocycles. The molecule has 0 aliphatic heterocycles. The van der Waals surface area contributed by atoms with Crippen molar-refractivity contribution in [2.24, 2.45) is 0 Å².